The Morgan fingerprint density at radius 2 is 1.58 bits per heavy atom. The second kappa shape index (κ2) is 8.61. The molecule has 7 heteroatoms. The summed E-state index contributed by atoms with van der Waals surface area (Å²) >= 11 is 0. The van der Waals surface area contributed by atoms with E-state index >= 15 is 0 Å². The van der Waals surface area contributed by atoms with E-state index < -0.39 is 52.3 Å². The summed E-state index contributed by atoms with van der Waals surface area (Å²) in [6, 6.07) is 6.79. The highest BCUT2D eigenvalue weighted by atomic mass is 16.6. The smallest absolute Gasteiger partial charge is 0.317 e. The molecule has 0 saturated heterocycles. The fourth-order valence-corrected chi connectivity index (χ4v) is 4.00. The second-order valence-electron chi connectivity index (χ2n) is 10.3. The molecule has 2 rings (SSSR count). The van der Waals surface area contributed by atoms with Crippen LogP contribution in [0.1, 0.15) is 66.4 Å². The van der Waals surface area contributed by atoms with Crippen molar-refractivity contribution in [1.29, 1.82) is 0 Å². The van der Waals surface area contributed by atoms with Crippen LogP contribution in [0.25, 0.3) is 0 Å². The largest absolute Gasteiger partial charge is 0.497 e. The molecule has 0 aromatic heterocycles. The number of benzene rings is 1. The molecule has 0 aliphatic heterocycles. The second-order valence-corrected chi connectivity index (χ2v) is 10.3. The molecule has 1 aromatic carbocycles. The number of aliphatic hydroxyl groups is 1. The van der Waals surface area contributed by atoms with E-state index in [2.05, 4.69) is 0 Å². The first-order valence-corrected chi connectivity index (χ1v) is 10.4. The number of carbonyl (C=O) groups excluding carboxylic acids is 3. The van der Waals surface area contributed by atoms with Gasteiger partial charge in [0, 0.05) is 12.3 Å². The maximum atomic E-state index is 13.3. The van der Waals surface area contributed by atoms with Gasteiger partial charge in [-0.05, 0) is 66.2 Å². The Morgan fingerprint density at radius 1 is 1.03 bits per heavy atom. The predicted octanol–water partition coefficient (Wildman–Crippen LogP) is 3.42. The van der Waals surface area contributed by atoms with Gasteiger partial charge in [-0.25, -0.2) is 0 Å². The molecule has 1 N–H and O–H groups in total. The van der Waals surface area contributed by atoms with Crippen LogP contribution >= 0.6 is 0 Å². The van der Waals surface area contributed by atoms with Crippen molar-refractivity contribution in [2.24, 2.45) is 11.8 Å². The summed E-state index contributed by atoms with van der Waals surface area (Å²) < 4.78 is 16.4. The molecule has 0 radical (unpaired) electrons. The van der Waals surface area contributed by atoms with Gasteiger partial charge in [0.2, 0.25) is 0 Å². The van der Waals surface area contributed by atoms with Crippen molar-refractivity contribution < 1.29 is 33.7 Å². The lowest BCUT2D eigenvalue weighted by Gasteiger charge is -2.44. The Bertz CT molecular complexity index is 842. The van der Waals surface area contributed by atoms with Gasteiger partial charge in [-0.15, -0.1) is 0 Å². The summed E-state index contributed by atoms with van der Waals surface area (Å²) in [5.41, 5.74) is -2.82. The van der Waals surface area contributed by atoms with Crippen LogP contribution in [0.4, 0.5) is 0 Å². The zero-order chi connectivity index (χ0) is 23.8. The first-order valence-electron chi connectivity index (χ1n) is 10.4. The van der Waals surface area contributed by atoms with E-state index in [1.807, 2.05) is 0 Å². The van der Waals surface area contributed by atoms with Crippen LogP contribution in [0.3, 0.4) is 0 Å². The molecular formula is C24H34O7. The lowest BCUT2D eigenvalue weighted by Crippen LogP contribution is -2.56. The molecule has 172 valence electrons. The molecule has 1 saturated carbocycles. The molecule has 0 amide bonds. The SMILES string of the molecule is COc1cccc([C@H]2[C@@H](C(=O)OC(C)(C)C)C(=O)C[C@@](C)(O)[C@H]2C(=O)OC(C)(C)C)c1. The molecule has 31 heavy (non-hydrogen) atoms. The summed E-state index contributed by atoms with van der Waals surface area (Å²) in [6.07, 6.45) is -0.360. The lowest BCUT2D eigenvalue weighted by atomic mass is 9.61. The van der Waals surface area contributed by atoms with Crippen LogP contribution in [0.2, 0.25) is 0 Å². The third-order valence-corrected chi connectivity index (χ3v) is 5.07. The number of Topliss-reactive ketones (excluding diaryl/α,β-unsaturated/α-hetero) is 1. The van der Waals surface area contributed by atoms with Gasteiger partial charge in [0.15, 0.2) is 5.78 Å². The maximum Gasteiger partial charge on any atom is 0.317 e. The summed E-state index contributed by atoms with van der Waals surface area (Å²) in [6.45, 7) is 11.7. The minimum absolute atomic E-state index is 0.360. The Balaban J connectivity index is 2.66. The topological polar surface area (TPSA) is 99.1 Å². The fraction of sp³-hybridized carbons (Fsp3) is 0.625. The van der Waals surface area contributed by atoms with Gasteiger partial charge in [-0.1, -0.05) is 12.1 Å². The number of methoxy groups -OCH3 is 1. The van der Waals surface area contributed by atoms with Crippen molar-refractivity contribution in [3.63, 3.8) is 0 Å². The van der Waals surface area contributed by atoms with Crippen molar-refractivity contribution in [2.45, 2.75) is 77.6 Å². The zero-order valence-corrected chi connectivity index (χ0v) is 19.6. The van der Waals surface area contributed by atoms with Crippen LogP contribution in [0.5, 0.6) is 5.75 Å². The number of ketones is 1. The molecule has 0 heterocycles. The Kier molecular flexibility index (Phi) is 6.91. The van der Waals surface area contributed by atoms with E-state index in [1.54, 1.807) is 65.8 Å². The van der Waals surface area contributed by atoms with Gasteiger partial charge in [0.25, 0.3) is 0 Å². The zero-order valence-electron chi connectivity index (χ0n) is 19.6. The normalized spacial score (nSPS) is 26.9. The van der Waals surface area contributed by atoms with E-state index in [4.69, 9.17) is 14.2 Å². The Labute approximate surface area is 184 Å². The Morgan fingerprint density at radius 3 is 2.10 bits per heavy atom. The predicted molar refractivity (Wildman–Crippen MR) is 115 cm³/mol. The van der Waals surface area contributed by atoms with Crippen molar-refractivity contribution in [2.75, 3.05) is 7.11 Å². The number of hydrogen-bond acceptors (Lipinski definition) is 7. The van der Waals surface area contributed by atoms with Gasteiger partial charge >= 0.3 is 11.9 Å². The number of carbonyl (C=O) groups is 3. The van der Waals surface area contributed by atoms with Crippen molar-refractivity contribution >= 4 is 17.7 Å². The number of esters is 2. The van der Waals surface area contributed by atoms with Gasteiger partial charge in [-0.2, -0.15) is 0 Å². The quantitative estimate of drug-likeness (QED) is 0.573. The molecule has 4 atom stereocenters. The molecule has 1 fully saturated rings. The third kappa shape index (κ3) is 6.06. The minimum Gasteiger partial charge on any atom is -0.497 e. The summed E-state index contributed by atoms with van der Waals surface area (Å²) in [4.78, 5) is 39.5. The molecule has 0 spiro atoms. The Hall–Kier alpha value is -2.41. The van der Waals surface area contributed by atoms with Crippen molar-refractivity contribution in [1.82, 2.24) is 0 Å². The molecule has 1 aliphatic carbocycles. The highest BCUT2D eigenvalue weighted by molar-refractivity contribution is 6.03. The van der Waals surface area contributed by atoms with Crippen LogP contribution in [-0.2, 0) is 23.9 Å². The number of hydrogen-bond donors (Lipinski definition) is 1. The first kappa shape index (κ1) is 24.9. The highest BCUT2D eigenvalue weighted by Crippen LogP contribution is 2.47. The van der Waals surface area contributed by atoms with E-state index in [1.165, 1.54) is 14.0 Å². The third-order valence-electron chi connectivity index (χ3n) is 5.07. The van der Waals surface area contributed by atoms with Gasteiger partial charge in [-0.3, -0.25) is 14.4 Å². The lowest BCUT2D eigenvalue weighted by molar-refractivity contribution is -0.182. The van der Waals surface area contributed by atoms with Gasteiger partial charge in [0.1, 0.15) is 22.9 Å². The molecule has 7 nitrogen and oxygen atoms in total. The fourth-order valence-electron chi connectivity index (χ4n) is 4.00. The van der Waals surface area contributed by atoms with Gasteiger partial charge in [0.05, 0.1) is 18.6 Å². The summed E-state index contributed by atoms with van der Waals surface area (Å²) in [5.74, 6) is -4.78. The number of rotatable bonds is 4. The van der Waals surface area contributed by atoms with E-state index in [0.29, 0.717) is 11.3 Å². The average Bonchev–Trinajstić information content (AvgIpc) is 2.56. The first-order chi connectivity index (χ1) is 14.1. The van der Waals surface area contributed by atoms with E-state index in [9.17, 15) is 19.5 Å². The monoisotopic (exact) mass is 434 g/mol. The van der Waals surface area contributed by atoms with E-state index in [-0.39, 0.29) is 6.42 Å². The van der Waals surface area contributed by atoms with E-state index in [0.717, 1.165) is 0 Å². The van der Waals surface area contributed by atoms with Crippen molar-refractivity contribution in [3.8, 4) is 5.75 Å². The molecule has 1 aromatic rings. The van der Waals surface area contributed by atoms with Crippen LogP contribution in [0, 0.1) is 11.8 Å². The molecule has 0 unspecified atom stereocenters. The maximum absolute atomic E-state index is 13.3. The minimum atomic E-state index is -1.70. The molecular weight excluding hydrogens is 400 g/mol. The highest BCUT2D eigenvalue weighted by Gasteiger charge is 2.57. The number of ether oxygens (including phenoxy) is 3. The van der Waals surface area contributed by atoms with Crippen LogP contribution in [0.15, 0.2) is 24.3 Å². The molecule has 0 bridgehead atoms. The standard InChI is InChI=1S/C24H34O7/c1-22(2,3)30-20(26)18-16(25)13-24(7,28)19(21(27)31-23(4,5)6)17(18)14-10-9-11-15(12-14)29-8/h9-12,17-19,28H,13H2,1-8H3/t17-,18-,19+,24+/m0/s1. The van der Waals surface area contributed by atoms with Crippen molar-refractivity contribution in [3.05, 3.63) is 29.8 Å². The summed E-state index contributed by atoms with van der Waals surface area (Å²) in [5, 5.41) is 11.2. The van der Waals surface area contributed by atoms with Crippen LogP contribution in [-0.4, -0.2) is 46.7 Å². The summed E-state index contributed by atoms with van der Waals surface area (Å²) in [7, 11) is 1.50. The van der Waals surface area contributed by atoms with Gasteiger partial charge < -0.3 is 19.3 Å². The average molecular weight is 435 g/mol. The van der Waals surface area contributed by atoms with Crippen LogP contribution < -0.4 is 4.74 Å². The molecule has 1 aliphatic rings.